The molecular formula is C23H30F3N5O3. The van der Waals surface area contributed by atoms with Gasteiger partial charge in [0.25, 0.3) is 5.91 Å². The van der Waals surface area contributed by atoms with Gasteiger partial charge in [-0.05, 0) is 63.5 Å². The zero-order valence-corrected chi connectivity index (χ0v) is 19.4. The first-order chi connectivity index (χ1) is 15.7. The Labute approximate surface area is 196 Å². The number of alkyl halides is 3. The molecule has 11 heteroatoms. The van der Waals surface area contributed by atoms with Gasteiger partial charge in [0.15, 0.2) is 0 Å². The Morgan fingerprint density at radius 1 is 1.32 bits per heavy atom. The first kappa shape index (κ1) is 25.7. The summed E-state index contributed by atoms with van der Waals surface area (Å²) in [5.74, 6) is -1.35. The predicted octanol–water partition coefficient (Wildman–Crippen LogP) is 2.68. The van der Waals surface area contributed by atoms with Crippen LogP contribution in [0.3, 0.4) is 0 Å². The smallest absolute Gasteiger partial charge is 0.351 e. The van der Waals surface area contributed by atoms with E-state index in [4.69, 9.17) is 0 Å². The molecule has 4 N–H and O–H groups in total. The highest BCUT2D eigenvalue weighted by atomic mass is 19.4. The van der Waals surface area contributed by atoms with Gasteiger partial charge in [-0.2, -0.15) is 18.4 Å². The molecule has 1 aromatic rings. The molecule has 3 atom stereocenters. The van der Waals surface area contributed by atoms with Crippen molar-refractivity contribution in [3.63, 3.8) is 0 Å². The number of amides is 2. The van der Waals surface area contributed by atoms with Crippen LogP contribution in [0.15, 0.2) is 12.1 Å². The number of aromatic amines is 1. The Morgan fingerprint density at radius 2 is 2.00 bits per heavy atom. The maximum absolute atomic E-state index is 12.9. The molecule has 34 heavy (non-hydrogen) atoms. The van der Waals surface area contributed by atoms with E-state index in [1.54, 1.807) is 0 Å². The van der Waals surface area contributed by atoms with E-state index in [2.05, 4.69) is 22.0 Å². The first-order valence-corrected chi connectivity index (χ1v) is 11.2. The van der Waals surface area contributed by atoms with Gasteiger partial charge in [0.1, 0.15) is 23.2 Å². The van der Waals surface area contributed by atoms with Gasteiger partial charge in [-0.1, -0.05) is 6.92 Å². The molecule has 0 spiro atoms. The molecule has 0 aromatic carbocycles. The van der Waals surface area contributed by atoms with Gasteiger partial charge >= 0.3 is 6.18 Å². The maximum Gasteiger partial charge on any atom is 0.431 e. The van der Waals surface area contributed by atoms with Gasteiger partial charge in [-0.15, -0.1) is 0 Å². The Balaban J connectivity index is 1.72. The Morgan fingerprint density at radius 3 is 2.47 bits per heavy atom. The lowest BCUT2D eigenvalue weighted by atomic mass is 9.86. The molecule has 2 heterocycles. The monoisotopic (exact) mass is 481 g/mol. The lowest BCUT2D eigenvalue weighted by molar-refractivity contribution is -0.140. The van der Waals surface area contributed by atoms with Crippen molar-refractivity contribution in [1.82, 2.24) is 20.9 Å². The fraction of sp³-hybridized carbons (Fsp3) is 0.652. The van der Waals surface area contributed by atoms with Gasteiger partial charge < -0.3 is 20.4 Å². The minimum Gasteiger partial charge on any atom is -0.351 e. The number of rotatable bonds is 10. The second kappa shape index (κ2) is 9.06. The van der Waals surface area contributed by atoms with Crippen molar-refractivity contribution < 1.29 is 27.6 Å². The number of halogens is 3. The van der Waals surface area contributed by atoms with Crippen LogP contribution >= 0.6 is 0 Å². The quantitative estimate of drug-likeness (QED) is 0.382. The van der Waals surface area contributed by atoms with Crippen molar-refractivity contribution >= 4 is 18.1 Å². The third-order valence-electron chi connectivity index (χ3n) is 6.60. The van der Waals surface area contributed by atoms with Gasteiger partial charge in [0.05, 0.1) is 12.1 Å². The third kappa shape index (κ3) is 6.17. The molecular weight excluding hydrogens is 451 g/mol. The number of nitriles is 1. The van der Waals surface area contributed by atoms with E-state index in [1.165, 1.54) is 0 Å². The van der Waals surface area contributed by atoms with E-state index in [-0.39, 0.29) is 47.9 Å². The largest absolute Gasteiger partial charge is 0.431 e. The van der Waals surface area contributed by atoms with Crippen molar-refractivity contribution in [3.8, 4) is 6.07 Å². The Hall–Kier alpha value is -2.87. The Bertz CT molecular complexity index is 993. The molecule has 0 radical (unpaired) electrons. The lowest BCUT2D eigenvalue weighted by Gasteiger charge is -2.33. The first-order valence-electron chi connectivity index (χ1n) is 11.2. The molecule has 1 aromatic heterocycles. The second-order valence-corrected chi connectivity index (χ2v) is 10.6. The number of H-pyrrole nitrogens is 1. The van der Waals surface area contributed by atoms with Gasteiger partial charge in [-0.25, -0.2) is 0 Å². The van der Waals surface area contributed by atoms with Crippen molar-refractivity contribution in [2.75, 3.05) is 6.54 Å². The summed E-state index contributed by atoms with van der Waals surface area (Å²) in [5, 5.41) is 18.1. The standard InChI is InChI=1S/C23H30F3N5O3/c1-20(2)9-14(18(33)30-20)8-15(10-27)28-12-22(13-32,11-21(3)6-7-21)31-19(34)16-4-5-17(29-16)23(24,25)26/h4-5,13-15,28-29H,6-9,11-12H2,1-3H3,(H,30,33)(H,31,34)/t14-,15+,22-/m1/s1. The molecule has 8 nitrogen and oxygen atoms in total. The average Bonchev–Trinajstić information content (AvgIpc) is 3.13. The molecule has 0 bridgehead atoms. The van der Waals surface area contributed by atoms with E-state index >= 15 is 0 Å². The van der Waals surface area contributed by atoms with Crippen molar-refractivity contribution in [3.05, 3.63) is 23.5 Å². The van der Waals surface area contributed by atoms with Crippen molar-refractivity contribution in [2.45, 2.75) is 76.2 Å². The molecule has 1 aliphatic carbocycles. The van der Waals surface area contributed by atoms with Crippen LogP contribution in [-0.2, 0) is 15.8 Å². The minimum absolute atomic E-state index is 0.0966. The van der Waals surface area contributed by atoms with Crippen molar-refractivity contribution in [1.29, 1.82) is 5.26 Å². The van der Waals surface area contributed by atoms with Crippen LogP contribution in [-0.4, -0.2) is 46.7 Å². The molecule has 1 aliphatic heterocycles. The average molecular weight is 482 g/mol. The zero-order chi connectivity index (χ0) is 25.4. The summed E-state index contributed by atoms with van der Waals surface area (Å²) >= 11 is 0. The highest BCUT2D eigenvalue weighted by Gasteiger charge is 2.47. The van der Waals surface area contributed by atoms with Crippen LogP contribution in [0, 0.1) is 22.7 Å². The van der Waals surface area contributed by atoms with Crippen molar-refractivity contribution in [2.24, 2.45) is 11.3 Å². The van der Waals surface area contributed by atoms with Crippen LogP contribution in [0.2, 0.25) is 0 Å². The summed E-state index contributed by atoms with van der Waals surface area (Å²) in [6.45, 7) is 5.66. The molecule has 186 valence electrons. The molecule has 1 saturated heterocycles. The van der Waals surface area contributed by atoms with Crippen LogP contribution in [0.25, 0.3) is 0 Å². The second-order valence-electron chi connectivity index (χ2n) is 10.6. The maximum atomic E-state index is 12.9. The van der Waals surface area contributed by atoms with E-state index in [0.717, 1.165) is 25.0 Å². The summed E-state index contributed by atoms with van der Waals surface area (Å²) in [5.41, 5.74) is -3.38. The summed E-state index contributed by atoms with van der Waals surface area (Å²) in [6, 6.07) is 3.13. The third-order valence-corrected chi connectivity index (χ3v) is 6.60. The van der Waals surface area contributed by atoms with Crippen LogP contribution < -0.4 is 16.0 Å². The lowest BCUT2D eigenvalue weighted by Crippen LogP contribution is -2.58. The van der Waals surface area contributed by atoms with Gasteiger partial charge in [0, 0.05) is 18.0 Å². The highest BCUT2D eigenvalue weighted by molar-refractivity contribution is 5.95. The molecule has 3 rings (SSSR count). The predicted molar refractivity (Wildman–Crippen MR) is 116 cm³/mol. The molecule has 0 unspecified atom stereocenters. The fourth-order valence-corrected chi connectivity index (χ4v) is 4.56. The highest BCUT2D eigenvalue weighted by Crippen LogP contribution is 2.50. The summed E-state index contributed by atoms with van der Waals surface area (Å²) < 4.78 is 38.7. The van der Waals surface area contributed by atoms with Crippen LogP contribution in [0.5, 0.6) is 0 Å². The number of hydrogen-bond donors (Lipinski definition) is 4. The topological polar surface area (TPSA) is 127 Å². The summed E-state index contributed by atoms with van der Waals surface area (Å²) in [4.78, 5) is 39.3. The van der Waals surface area contributed by atoms with Gasteiger partial charge in [0.2, 0.25) is 5.91 Å². The van der Waals surface area contributed by atoms with E-state index in [0.29, 0.717) is 12.7 Å². The molecule has 1 saturated carbocycles. The number of nitrogens with zero attached hydrogens (tertiary/aromatic N) is 1. The molecule has 2 amide bonds. The minimum atomic E-state index is -4.63. The number of carbonyl (C=O) groups is 3. The number of aldehydes is 1. The normalized spacial score (nSPS) is 23.3. The van der Waals surface area contributed by atoms with Crippen LogP contribution in [0.1, 0.15) is 69.1 Å². The summed E-state index contributed by atoms with van der Waals surface area (Å²) in [7, 11) is 0. The number of carbonyl (C=O) groups excluding carboxylic acids is 3. The fourth-order valence-electron chi connectivity index (χ4n) is 4.56. The number of hydrogen-bond acceptors (Lipinski definition) is 5. The number of aromatic nitrogens is 1. The zero-order valence-electron chi connectivity index (χ0n) is 19.4. The molecule has 2 fully saturated rings. The summed E-state index contributed by atoms with van der Waals surface area (Å²) in [6.07, 6.45) is -1.30. The van der Waals surface area contributed by atoms with E-state index in [9.17, 15) is 32.8 Å². The van der Waals surface area contributed by atoms with E-state index in [1.807, 2.05) is 25.8 Å². The number of nitrogens with one attached hydrogen (secondary N) is 4. The van der Waals surface area contributed by atoms with Gasteiger partial charge in [-0.3, -0.25) is 14.9 Å². The SMILES string of the molecule is CC1(C[C@](C=O)(CN[C@H](C#N)C[C@@H]2CC(C)(C)NC2=O)NC(=O)c2ccc(C(F)(F)F)[nH]2)CC1. The van der Waals surface area contributed by atoms with E-state index < -0.39 is 29.4 Å². The molecule has 2 aliphatic rings. The Kier molecular flexibility index (Phi) is 6.86. The van der Waals surface area contributed by atoms with Crippen LogP contribution in [0.4, 0.5) is 13.2 Å².